The zero-order valence-corrected chi connectivity index (χ0v) is 17.6. The van der Waals surface area contributed by atoms with Crippen molar-refractivity contribution >= 4 is 23.2 Å². The van der Waals surface area contributed by atoms with Crippen LogP contribution in [0.1, 0.15) is 31.2 Å². The van der Waals surface area contributed by atoms with E-state index < -0.39 is 0 Å². The maximum absolute atomic E-state index is 6.46. The Kier molecular flexibility index (Phi) is 6.77. The van der Waals surface area contributed by atoms with Gasteiger partial charge in [-0.2, -0.15) is 0 Å². The summed E-state index contributed by atoms with van der Waals surface area (Å²) in [6.07, 6.45) is 9.88. The van der Waals surface area contributed by atoms with E-state index >= 15 is 0 Å². The molecule has 3 aromatic rings. The highest BCUT2D eigenvalue weighted by molar-refractivity contribution is 6.33. The van der Waals surface area contributed by atoms with Crippen LogP contribution in [0, 0.1) is 5.92 Å². The van der Waals surface area contributed by atoms with Crippen molar-refractivity contribution in [1.82, 2.24) is 15.0 Å². The average Bonchev–Trinajstić information content (AvgIpc) is 2.80. The molecule has 30 heavy (non-hydrogen) atoms. The lowest BCUT2D eigenvalue weighted by atomic mass is 9.86. The van der Waals surface area contributed by atoms with E-state index in [1.54, 1.807) is 12.4 Å². The number of halogens is 1. The van der Waals surface area contributed by atoms with E-state index in [9.17, 15) is 0 Å². The van der Waals surface area contributed by atoms with Crippen molar-refractivity contribution in [3.05, 3.63) is 65.6 Å². The number of nitrogens with one attached hydrogen (secondary N) is 2. The molecule has 0 bridgehead atoms. The van der Waals surface area contributed by atoms with Crippen molar-refractivity contribution in [3.63, 3.8) is 0 Å². The summed E-state index contributed by atoms with van der Waals surface area (Å²) in [6.45, 7) is 1.44. The number of aromatic nitrogens is 3. The average molecular weight is 423 g/mol. The van der Waals surface area contributed by atoms with Gasteiger partial charge in [0.05, 0.1) is 10.7 Å². The van der Waals surface area contributed by atoms with E-state index in [-0.39, 0.29) is 0 Å². The van der Waals surface area contributed by atoms with E-state index in [1.165, 1.54) is 12.8 Å². The number of hydrogen-bond donors (Lipinski definition) is 3. The van der Waals surface area contributed by atoms with Crippen LogP contribution in [-0.2, 0) is 6.54 Å². The molecule has 4 rings (SSSR count). The Balaban J connectivity index is 1.46. The largest absolute Gasteiger partial charge is 0.367 e. The fourth-order valence-corrected chi connectivity index (χ4v) is 4.04. The Labute approximate surface area is 182 Å². The number of hydrogen-bond acceptors (Lipinski definition) is 6. The van der Waals surface area contributed by atoms with Gasteiger partial charge in [-0.15, -0.1) is 0 Å². The first-order chi connectivity index (χ1) is 14.7. The summed E-state index contributed by atoms with van der Waals surface area (Å²) in [7, 11) is 0. The van der Waals surface area contributed by atoms with Crippen molar-refractivity contribution in [2.24, 2.45) is 11.7 Å². The Bertz CT molecular complexity index is 957. The van der Waals surface area contributed by atoms with Gasteiger partial charge in [-0.3, -0.25) is 4.98 Å². The third-order valence-electron chi connectivity index (χ3n) is 5.61. The minimum atomic E-state index is 0.426. The predicted octanol–water partition coefficient (Wildman–Crippen LogP) is 4.73. The molecule has 3 aromatic heterocycles. The number of rotatable bonds is 7. The second-order valence-electron chi connectivity index (χ2n) is 7.77. The van der Waals surface area contributed by atoms with Gasteiger partial charge < -0.3 is 16.4 Å². The first-order valence-corrected chi connectivity index (χ1v) is 10.8. The van der Waals surface area contributed by atoms with Crippen LogP contribution in [0.3, 0.4) is 0 Å². The van der Waals surface area contributed by atoms with Crippen LogP contribution in [-0.4, -0.2) is 27.5 Å². The van der Waals surface area contributed by atoms with Crippen LogP contribution in [0.25, 0.3) is 11.3 Å². The first kappa shape index (κ1) is 20.6. The topological polar surface area (TPSA) is 88.8 Å². The second kappa shape index (κ2) is 9.87. The van der Waals surface area contributed by atoms with Crippen molar-refractivity contribution in [1.29, 1.82) is 0 Å². The van der Waals surface area contributed by atoms with Crippen molar-refractivity contribution in [2.45, 2.75) is 38.3 Å². The van der Waals surface area contributed by atoms with Crippen LogP contribution >= 0.6 is 11.6 Å². The predicted molar refractivity (Wildman–Crippen MR) is 122 cm³/mol. The summed E-state index contributed by atoms with van der Waals surface area (Å²) < 4.78 is 0. The van der Waals surface area contributed by atoms with E-state index in [2.05, 4.69) is 20.6 Å². The molecule has 6 nitrogen and oxygen atoms in total. The summed E-state index contributed by atoms with van der Waals surface area (Å²) in [5, 5.41) is 7.50. The van der Waals surface area contributed by atoms with Gasteiger partial charge in [-0.25, -0.2) is 9.97 Å². The second-order valence-corrected chi connectivity index (χ2v) is 8.18. The number of nitrogens with zero attached hydrogens (tertiary/aromatic N) is 3. The molecule has 4 N–H and O–H groups in total. The van der Waals surface area contributed by atoms with Crippen LogP contribution in [0.15, 0.2) is 55.0 Å². The molecule has 0 aliphatic heterocycles. The highest BCUT2D eigenvalue weighted by Crippen LogP contribution is 2.31. The lowest BCUT2D eigenvalue weighted by Gasteiger charge is -2.28. The molecule has 0 saturated heterocycles. The van der Waals surface area contributed by atoms with Gasteiger partial charge in [0.1, 0.15) is 11.6 Å². The van der Waals surface area contributed by atoms with E-state index in [0.29, 0.717) is 23.5 Å². The molecule has 156 valence electrons. The van der Waals surface area contributed by atoms with Crippen LogP contribution < -0.4 is 16.4 Å². The molecule has 1 aliphatic carbocycles. The van der Waals surface area contributed by atoms with Gasteiger partial charge in [-0.1, -0.05) is 23.7 Å². The molecule has 1 saturated carbocycles. The molecule has 0 amide bonds. The summed E-state index contributed by atoms with van der Waals surface area (Å²) in [5.41, 5.74) is 8.59. The maximum Gasteiger partial charge on any atom is 0.126 e. The van der Waals surface area contributed by atoms with Crippen molar-refractivity contribution < 1.29 is 0 Å². The normalized spacial score (nSPS) is 18.7. The molecule has 0 spiro atoms. The smallest absolute Gasteiger partial charge is 0.126 e. The molecule has 0 unspecified atom stereocenters. The number of anilines is 2. The molecule has 7 heteroatoms. The molecule has 3 heterocycles. The molecule has 0 radical (unpaired) electrons. The van der Waals surface area contributed by atoms with Crippen LogP contribution in [0.5, 0.6) is 0 Å². The van der Waals surface area contributed by atoms with Crippen molar-refractivity contribution in [3.8, 4) is 11.3 Å². The standard InChI is InChI=1S/C23H27ClN6/c24-20-15-28-23(29-18-8-6-16(12-25)7-9-18)11-19(20)21-4-1-5-22(30-21)27-14-17-3-2-10-26-13-17/h1-5,10-11,13,15-16,18H,6-9,12,14,25H2,(H,27,30)(H,28,29). The molecule has 1 fully saturated rings. The Morgan fingerprint density at radius 2 is 1.90 bits per heavy atom. The van der Waals surface area contributed by atoms with E-state index in [1.807, 2.05) is 42.6 Å². The highest BCUT2D eigenvalue weighted by Gasteiger charge is 2.20. The van der Waals surface area contributed by atoms with E-state index in [4.69, 9.17) is 22.3 Å². The van der Waals surface area contributed by atoms with Gasteiger partial charge >= 0.3 is 0 Å². The fraction of sp³-hybridized carbons (Fsp3) is 0.348. The summed E-state index contributed by atoms with van der Waals surface area (Å²) >= 11 is 6.46. The molecule has 0 atom stereocenters. The molecule has 0 aromatic carbocycles. The minimum Gasteiger partial charge on any atom is -0.367 e. The van der Waals surface area contributed by atoms with Gasteiger partial charge in [0.2, 0.25) is 0 Å². The Hall–Kier alpha value is -2.70. The van der Waals surface area contributed by atoms with Crippen LogP contribution in [0.4, 0.5) is 11.6 Å². The van der Waals surface area contributed by atoms with Gasteiger partial charge in [0.15, 0.2) is 0 Å². The monoisotopic (exact) mass is 422 g/mol. The van der Waals surface area contributed by atoms with Crippen molar-refractivity contribution in [2.75, 3.05) is 17.2 Å². The summed E-state index contributed by atoms with van der Waals surface area (Å²) in [6, 6.07) is 12.3. The van der Waals surface area contributed by atoms with Gasteiger partial charge in [0, 0.05) is 36.7 Å². The summed E-state index contributed by atoms with van der Waals surface area (Å²) in [4.78, 5) is 13.4. The maximum atomic E-state index is 6.46. The third-order valence-corrected chi connectivity index (χ3v) is 5.91. The fourth-order valence-electron chi connectivity index (χ4n) is 3.84. The first-order valence-electron chi connectivity index (χ1n) is 10.4. The quantitative estimate of drug-likeness (QED) is 0.510. The summed E-state index contributed by atoms with van der Waals surface area (Å²) in [5.74, 6) is 2.28. The third kappa shape index (κ3) is 5.26. The molecule has 1 aliphatic rings. The van der Waals surface area contributed by atoms with E-state index in [0.717, 1.165) is 47.8 Å². The zero-order valence-electron chi connectivity index (χ0n) is 16.9. The van der Waals surface area contributed by atoms with Gasteiger partial charge in [0.25, 0.3) is 0 Å². The lowest BCUT2D eigenvalue weighted by molar-refractivity contribution is 0.344. The minimum absolute atomic E-state index is 0.426. The number of nitrogens with two attached hydrogens (primary N) is 1. The molecular weight excluding hydrogens is 396 g/mol. The zero-order chi connectivity index (χ0) is 20.8. The van der Waals surface area contributed by atoms with Crippen LogP contribution in [0.2, 0.25) is 5.02 Å². The lowest BCUT2D eigenvalue weighted by Crippen LogP contribution is -2.29. The Morgan fingerprint density at radius 3 is 2.67 bits per heavy atom. The van der Waals surface area contributed by atoms with Gasteiger partial charge in [-0.05, 0) is 68.0 Å². The SMILES string of the molecule is NCC1CCC(Nc2cc(-c3cccc(NCc4cccnc4)n3)c(Cl)cn2)CC1. The molecular formula is C23H27ClN6. The number of pyridine rings is 3. The highest BCUT2D eigenvalue weighted by atomic mass is 35.5. The Morgan fingerprint density at radius 1 is 1.03 bits per heavy atom.